The van der Waals surface area contributed by atoms with Gasteiger partial charge in [0.15, 0.2) is 0 Å². The molecule has 8 heteroatoms. The van der Waals surface area contributed by atoms with Crippen molar-refractivity contribution < 1.29 is 13.9 Å². The highest BCUT2D eigenvalue weighted by Crippen LogP contribution is 2.18. The minimum atomic E-state index is -0.367. The Morgan fingerprint density at radius 2 is 2.39 bits per heavy atom. The van der Waals surface area contributed by atoms with Gasteiger partial charge in [-0.1, -0.05) is 0 Å². The molecular formula is C15H18FN5O2. The topological polar surface area (TPSA) is 81.1 Å². The Morgan fingerprint density at radius 3 is 3.22 bits per heavy atom. The smallest absolute Gasteiger partial charge is 0.319 e. The molecule has 2 heterocycles. The van der Waals surface area contributed by atoms with Crippen LogP contribution in [0.3, 0.4) is 0 Å². The monoisotopic (exact) mass is 319 g/mol. The highest BCUT2D eigenvalue weighted by atomic mass is 19.1. The van der Waals surface area contributed by atoms with Gasteiger partial charge < -0.3 is 15.4 Å². The molecule has 0 saturated carbocycles. The second-order valence-electron chi connectivity index (χ2n) is 5.43. The Kier molecular flexibility index (Phi) is 4.52. The summed E-state index contributed by atoms with van der Waals surface area (Å²) >= 11 is 0. The maximum atomic E-state index is 13.3. The molecule has 0 bridgehead atoms. The maximum Gasteiger partial charge on any atom is 0.319 e. The van der Waals surface area contributed by atoms with Crippen LogP contribution in [0.5, 0.6) is 0 Å². The van der Waals surface area contributed by atoms with Crippen LogP contribution in [0.2, 0.25) is 0 Å². The number of fused-ring (bicyclic) bond motifs is 1. The van der Waals surface area contributed by atoms with Crippen LogP contribution in [0.4, 0.5) is 14.9 Å². The number of aromatic nitrogens is 3. The summed E-state index contributed by atoms with van der Waals surface area (Å²) < 4.78 is 20.1. The number of carbonyl (C=O) groups excluding carboxylic acids is 1. The second kappa shape index (κ2) is 6.74. The van der Waals surface area contributed by atoms with Crippen molar-refractivity contribution in [1.29, 1.82) is 0 Å². The lowest BCUT2D eigenvalue weighted by Gasteiger charge is -2.24. The first-order valence-electron chi connectivity index (χ1n) is 7.37. The quantitative estimate of drug-likeness (QED) is 0.899. The average Bonchev–Trinajstić information content (AvgIpc) is 2.98. The van der Waals surface area contributed by atoms with Crippen LogP contribution in [0.15, 0.2) is 24.5 Å². The average molecular weight is 319 g/mol. The number of hydrogen-bond donors (Lipinski definition) is 2. The molecule has 1 atom stereocenters. The maximum absolute atomic E-state index is 13.3. The Morgan fingerprint density at radius 1 is 1.52 bits per heavy atom. The Bertz CT molecular complexity index is 703. The number of nitrogens with zero attached hydrogens (tertiary/aromatic N) is 3. The van der Waals surface area contributed by atoms with Gasteiger partial charge in [0, 0.05) is 24.8 Å². The summed E-state index contributed by atoms with van der Waals surface area (Å²) in [5.41, 5.74) is 1.12. The summed E-state index contributed by atoms with van der Waals surface area (Å²) in [6, 6.07) is 3.83. The molecule has 122 valence electrons. The molecule has 2 N–H and O–H groups in total. The summed E-state index contributed by atoms with van der Waals surface area (Å²) in [6.07, 6.45) is 3.10. The van der Waals surface area contributed by atoms with Crippen LogP contribution in [0, 0.1) is 5.82 Å². The van der Waals surface area contributed by atoms with Crippen molar-refractivity contribution >= 4 is 11.7 Å². The van der Waals surface area contributed by atoms with Crippen molar-refractivity contribution in [3.63, 3.8) is 0 Å². The van der Waals surface area contributed by atoms with Crippen molar-refractivity contribution in [1.82, 2.24) is 20.1 Å². The van der Waals surface area contributed by atoms with Crippen molar-refractivity contribution in [3.8, 4) is 0 Å². The van der Waals surface area contributed by atoms with Gasteiger partial charge in [0.1, 0.15) is 18.0 Å². The highest BCUT2D eigenvalue weighted by molar-refractivity contribution is 5.90. The van der Waals surface area contributed by atoms with Crippen LogP contribution in [0.1, 0.15) is 17.8 Å². The van der Waals surface area contributed by atoms with Crippen LogP contribution >= 0.6 is 0 Å². The zero-order valence-electron chi connectivity index (χ0n) is 12.8. The van der Waals surface area contributed by atoms with E-state index in [2.05, 4.69) is 20.7 Å². The molecule has 1 unspecified atom stereocenters. The van der Waals surface area contributed by atoms with Crippen molar-refractivity contribution in [2.24, 2.45) is 0 Å². The molecule has 1 aliphatic rings. The number of anilines is 1. The lowest BCUT2D eigenvalue weighted by molar-refractivity contribution is 0.185. The van der Waals surface area contributed by atoms with E-state index < -0.39 is 0 Å². The lowest BCUT2D eigenvalue weighted by atomic mass is 10.1. The number of halogens is 1. The predicted octanol–water partition coefficient (Wildman–Crippen LogP) is 1.70. The minimum Gasteiger partial charge on any atom is -0.380 e. The number of benzene rings is 1. The molecule has 7 nitrogen and oxygen atoms in total. The number of methoxy groups -OCH3 is 1. The number of carbonyl (C=O) groups is 1. The molecule has 2 aromatic rings. The first-order chi connectivity index (χ1) is 11.2. The summed E-state index contributed by atoms with van der Waals surface area (Å²) in [5, 5.41) is 9.78. The van der Waals surface area contributed by atoms with E-state index in [0.717, 1.165) is 18.7 Å². The number of rotatable bonds is 4. The van der Waals surface area contributed by atoms with E-state index in [1.54, 1.807) is 4.68 Å². The molecule has 1 aromatic heterocycles. The fraction of sp³-hybridized carbons (Fsp3) is 0.400. The third kappa shape index (κ3) is 3.65. The van der Waals surface area contributed by atoms with Gasteiger partial charge in [-0.15, -0.1) is 0 Å². The predicted molar refractivity (Wildman–Crippen MR) is 81.4 cm³/mol. The molecule has 3 rings (SSSR count). The van der Waals surface area contributed by atoms with E-state index in [0.29, 0.717) is 17.8 Å². The third-order valence-corrected chi connectivity index (χ3v) is 3.76. The van der Waals surface area contributed by atoms with Crippen LogP contribution < -0.4 is 10.6 Å². The van der Waals surface area contributed by atoms with E-state index in [1.807, 2.05) is 0 Å². The van der Waals surface area contributed by atoms with E-state index in [9.17, 15) is 9.18 Å². The Balaban J connectivity index is 1.62. The summed E-state index contributed by atoms with van der Waals surface area (Å²) in [4.78, 5) is 16.3. The number of hydrogen-bond acceptors (Lipinski definition) is 4. The molecule has 0 radical (unpaired) electrons. The van der Waals surface area contributed by atoms with Gasteiger partial charge in [-0.3, -0.25) is 0 Å². The van der Waals surface area contributed by atoms with Gasteiger partial charge in [0.2, 0.25) is 0 Å². The zero-order chi connectivity index (χ0) is 16.2. The normalized spacial score (nSPS) is 16.7. The Hall–Kier alpha value is -2.48. The number of nitrogens with one attached hydrogen (secondary N) is 2. The molecule has 2 amide bonds. The van der Waals surface area contributed by atoms with E-state index >= 15 is 0 Å². The van der Waals surface area contributed by atoms with Gasteiger partial charge in [-0.2, -0.15) is 5.10 Å². The van der Waals surface area contributed by atoms with Crippen LogP contribution in [-0.4, -0.2) is 33.9 Å². The number of amides is 2. The molecule has 23 heavy (non-hydrogen) atoms. The van der Waals surface area contributed by atoms with E-state index in [-0.39, 0.29) is 24.5 Å². The van der Waals surface area contributed by atoms with Gasteiger partial charge in [-0.25, -0.2) is 18.9 Å². The zero-order valence-corrected chi connectivity index (χ0v) is 12.8. The molecule has 1 aliphatic heterocycles. The first-order valence-corrected chi connectivity index (χ1v) is 7.37. The summed E-state index contributed by atoms with van der Waals surface area (Å²) in [5.74, 6) is 0.568. The Labute approximate surface area is 132 Å². The van der Waals surface area contributed by atoms with Crippen LogP contribution in [0.25, 0.3) is 0 Å². The highest BCUT2D eigenvalue weighted by Gasteiger charge is 2.21. The number of urea groups is 1. The van der Waals surface area contributed by atoms with Gasteiger partial charge in [-0.05, 0) is 24.6 Å². The molecule has 1 aromatic carbocycles. The molecule has 0 spiro atoms. The van der Waals surface area contributed by atoms with Gasteiger partial charge in [0.05, 0.1) is 19.2 Å². The molecule has 0 aliphatic carbocycles. The number of aryl methyl sites for hydroxylation is 1. The largest absolute Gasteiger partial charge is 0.380 e. The summed E-state index contributed by atoms with van der Waals surface area (Å²) in [7, 11) is 1.52. The van der Waals surface area contributed by atoms with Gasteiger partial charge in [0.25, 0.3) is 0 Å². The lowest BCUT2D eigenvalue weighted by Crippen LogP contribution is -2.43. The van der Waals surface area contributed by atoms with Crippen LogP contribution in [-0.2, 0) is 24.3 Å². The van der Waals surface area contributed by atoms with Crippen molar-refractivity contribution in [2.45, 2.75) is 32.0 Å². The molecular weight excluding hydrogens is 301 g/mol. The number of ether oxygens (including phenoxy) is 1. The summed E-state index contributed by atoms with van der Waals surface area (Å²) in [6.45, 7) is 0.816. The van der Waals surface area contributed by atoms with Crippen molar-refractivity contribution in [2.75, 3.05) is 12.4 Å². The first kappa shape index (κ1) is 15.4. The fourth-order valence-electron chi connectivity index (χ4n) is 2.66. The SMILES string of the molecule is COCc1cc(F)ccc1NC(=O)NC1CCc2ncnn2C1. The fourth-order valence-corrected chi connectivity index (χ4v) is 2.66. The van der Waals surface area contributed by atoms with Gasteiger partial charge >= 0.3 is 6.03 Å². The standard InChI is InChI=1S/C15H18FN5O2/c1-23-8-10-6-11(16)2-4-13(10)20-15(22)19-12-3-5-14-17-9-18-21(14)7-12/h2,4,6,9,12H,3,5,7-8H2,1H3,(H2,19,20,22). The second-order valence-corrected chi connectivity index (χ2v) is 5.43. The van der Waals surface area contributed by atoms with Crippen molar-refractivity contribution in [3.05, 3.63) is 41.7 Å². The molecule has 0 fully saturated rings. The third-order valence-electron chi connectivity index (χ3n) is 3.76. The minimum absolute atomic E-state index is 0.0180. The van der Waals surface area contributed by atoms with E-state index in [4.69, 9.17) is 4.74 Å². The molecule has 0 saturated heterocycles. The van der Waals surface area contributed by atoms with E-state index in [1.165, 1.54) is 31.6 Å².